The minimum atomic E-state index is -0.0378. The number of piperidine rings is 1. The van der Waals surface area contributed by atoms with Crippen LogP contribution in [0.25, 0.3) is 11.0 Å². The van der Waals surface area contributed by atoms with Crippen LogP contribution in [-0.4, -0.2) is 56.5 Å². The van der Waals surface area contributed by atoms with Gasteiger partial charge in [-0.15, -0.1) is 0 Å². The van der Waals surface area contributed by atoms with E-state index >= 15 is 0 Å². The van der Waals surface area contributed by atoms with Gasteiger partial charge < -0.3 is 9.80 Å². The second-order valence-corrected chi connectivity index (χ2v) is 7.64. The number of hydrogen-bond donors (Lipinski definition) is 0. The number of benzene rings is 1. The van der Waals surface area contributed by atoms with E-state index in [4.69, 9.17) is 0 Å². The summed E-state index contributed by atoms with van der Waals surface area (Å²) >= 11 is 0. The molecule has 7 nitrogen and oxygen atoms in total. The van der Waals surface area contributed by atoms with Gasteiger partial charge in [0.05, 0.1) is 17.3 Å². The topological polar surface area (TPSA) is 71.3 Å². The summed E-state index contributed by atoms with van der Waals surface area (Å²) in [6, 6.07) is 11.8. The number of aromatic nitrogens is 3. The number of nitrogens with zero attached hydrogens (tertiary/aromatic N) is 5. The Morgan fingerprint density at radius 2 is 1.86 bits per heavy atom. The maximum absolute atomic E-state index is 12.9. The van der Waals surface area contributed by atoms with Crippen LogP contribution in [0.2, 0.25) is 0 Å². The Labute approximate surface area is 169 Å². The molecule has 1 aromatic carbocycles. The number of likely N-dealkylation sites (tertiary alicyclic amines) is 1. The number of hydrogen-bond acceptors (Lipinski definition) is 4. The molecule has 1 aliphatic heterocycles. The fourth-order valence-electron chi connectivity index (χ4n) is 3.90. The minimum absolute atomic E-state index is 0.0366. The zero-order chi connectivity index (χ0) is 20.4. The molecule has 29 heavy (non-hydrogen) atoms. The minimum Gasteiger partial charge on any atom is -0.341 e. The fraction of sp³-hybridized carbons (Fsp3) is 0.364. The molecule has 2 aromatic heterocycles. The second kappa shape index (κ2) is 8.03. The van der Waals surface area contributed by atoms with Crippen LogP contribution in [0, 0.1) is 5.92 Å². The third-order valence-electron chi connectivity index (χ3n) is 5.62. The van der Waals surface area contributed by atoms with Crippen molar-refractivity contribution in [3.63, 3.8) is 0 Å². The van der Waals surface area contributed by atoms with Crippen molar-refractivity contribution in [1.29, 1.82) is 0 Å². The second-order valence-electron chi connectivity index (χ2n) is 7.64. The lowest BCUT2D eigenvalue weighted by Gasteiger charge is -2.33. The van der Waals surface area contributed by atoms with Crippen LogP contribution in [0.5, 0.6) is 0 Å². The number of aryl methyl sites for hydroxylation is 1. The van der Waals surface area contributed by atoms with E-state index in [1.807, 2.05) is 55.4 Å². The molecule has 3 aromatic rings. The third kappa shape index (κ3) is 3.99. The molecule has 1 aliphatic rings. The molecule has 3 heterocycles. The molecule has 0 saturated carbocycles. The van der Waals surface area contributed by atoms with E-state index in [1.165, 1.54) is 0 Å². The molecule has 2 amide bonds. The van der Waals surface area contributed by atoms with Crippen molar-refractivity contribution in [3.8, 4) is 0 Å². The van der Waals surface area contributed by atoms with Gasteiger partial charge in [0.25, 0.3) is 5.91 Å². The van der Waals surface area contributed by atoms with E-state index in [9.17, 15) is 9.59 Å². The average molecular weight is 391 g/mol. The van der Waals surface area contributed by atoms with E-state index in [0.29, 0.717) is 38.0 Å². The van der Waals surface area contributed by atoms with E-state index in [0.717, 1.165) is 16.6 Å². The van der Waals surface area contributed by atoms with Crippen molar-refractivity contribution >= 4 is 22.8 Å². The first-order chi connectivity index (χ1) is 14.0. The van der Waals surface area contributed by atoms with Gasteiger partial charge in [-0.2, -0.15) is 5.10 Å². The first kappa shape index (κ1) is 19.1. The third-order valence-corrected chi connectivity index (χ3v) is 5.62. The largest absolute Gasteiger partial charge is 0.341 e. The highest BCUT2D eigenvalue weighted by atomic mass is 16.2. The molecular formula is C22H25N5O2. The van der Waals surface area contributed by atoms with Crippen LogP contribution in [0.1, 0.15) is 28.8 Å². The molecule has 0 N–H and O–H groups in total. The Kier molecular flexibility index (Phi) is 5.29. The number of amides is 2. The Bertz CT molecular complexity index is 1020. The Balaban J connectivity index is 1.36. The number of carbonyl (C=O) groups is 2. The molecular weight excluding hydrogens is 366 g/mol. The molecule has 0 aliphatic carbocycles. The summed E-state index contributed by atoms with van der Waals surface area (Å²) in [4.78, 5) is 33.6. The lowest BCUT2D eigenvalue weighted by atomic mass is 9.94. The molecule has 1 fully saturated rings. The summed E-state index contributed by atoms with van der Waals surface area (Å²) < 4.78 is 1.71. The van der Waals surface area contributed by atoms with Crippen molar-refractivity contribution in [2.24, 2.45) is 13.0 Å². The van der Waals surface area contributed by atoms with E-state index < -0.39 is 0 Å². The molecule has 150 valence electrons. The van der Waals surface area contributed by atoms with Gasteiger partial charge in [0, 0.05) is 45.8 Å². The summed E-state index contributed by atoms with van der Waals surface area (Å²) in [5.41, 5.74) is 3.29. The van der Waals surface area contributed by atoms with Crippen LogP contribution < -0.4 is 0 Å². The monoisotopic (exact) mass is 391 g/mol. The molecule has 0 bridgehead atoms. The van der Waals surface area contributed by atoms with Crippen molar-refractivity contribution < 1.29 is 9.59 Å². The van der Waals surface area contributed by atoms with E-state index in [-0.39, 0.29) is 17.7 Å². The highest BCUT2D eigenvalue weighted by Crippen LogP contribution is 2.22. The van der Waals surface area contributed by atoms with Gasteiger partial charge in [0.15, 0.2) is 0 Å². The van der Waals surface area contributed by atoms with E-state index in [1.54, 1.807) is 22.0 Å². The van der Waals surface area contributed by atoms with Crippen molar-refractivity contribution in [2.45, 2.75) is 19.4 Å². The van der Waals surface area contributed by atoms with Crippen molar-refractivity contribution in [1.82, 2.24) is 24.6 Å². The number of pyridine rings is 1. The van der Waals surface area contributed by atoms with E-state index in [2.05, 4.69) is 10.1 Å². The first-order valence-corrected chi connectivity index (χ1v) is 9.89. The van der Waals surface area contributed by atoms with Crippen LogP contribution in [0.4, 0.5) is 0 Å². The Morgan fingerprint density at radius 3 is 2.59 bits per heavy atom. The molecule has 0 atom stereocenters. The SMILES string of the molecule is CN(Cc1ccccc1)C(=O)C1CCN(C(=O)c2cnc3cnn(C)c3c2)CC1. The average Bonchev–Trinajstić information content (AvgIpc) is 3.13. The number of rotatable bonds is 4. The molecule has 4 rings (SSSR count). The summed E-state index contributed by atoms with van der Waals surface area (Å²) in [5, 5.41) is 4.17. The molecule has 0 unspecified atom stereocenters. The van der Waals surface area contributed by atoms with Gasteiger partial charge in [-0.3, -0.25) is 19.3 Å². The Morgan fingerprint density at radius 1 is 1.14 bits per heavy atom. The summed E-state index contributed by atoms with van der Waals surface area (Å²) in [7, 11) is 3.68. The van der Waals surface area contributed by atoms with Gasteiger partial charge in [-0.1, -0.05) is 30.3 Å². The smallest absolute Gasteiger partial charge is 0.255 e. The predicted molar refractivity (Wildman–Crippen MR) is 110 cm³/mol. The molecule has 7 heteroatoms. The maximum Gasteiger partial charge on any atom is 0.255 e. The number of fused-ring (bicyclic) bond motifs is 1. The standard InChI is InChI=1S/C22H25N5O2/c1-25(15-16-6-4-3-5-7-16)21(28)17-8-10-27(11-9-17)22(29)18-12-20-19(23-13-18)14-24-26(20)2/h3-7,12-14,17H,8-11,15H2,1-2H3. The summed E-state index contributed by atoms with van der Waals surface area (Å²) in [5.74, 6) is 0.0773. The zero-order valence-corrected chi connectivity index (χ0v) is 16.8. The van der Waals surface area contributed by atoms with Crippen molar-refractivity contribution in [3.05, 3.63) is 59.9 Å². The summed E-state index contributed by atoms with van der Waals surface area (Å²) in [6.07, 6.45) is 4.67. The maximum atomic E-state index is 12.9. The van der Waals surface area contributed by atoms with Gasteiger partial charge in [0.2, 0.25) is 5.91 Å². The van der Waals surface area contributed by atoms with Crippen LogP contribution >= 0.6 is 0 Å². The van der Waals surface area contributed by atoms with Crippen LogP contribution in [0.3, 0.4) is 0 Å². The Hall–Kier alpha value is -3.22. The van der Waals surface area contributed by atoms with Crippen LogP contribution in [-0.2, 0) is 18.4 Å². The highest BCUT2D eigenvalue weighted by molar-refractivity contribution is 5.96. The lowest BCUT2D eigenvalue weighted by molar-refractivity contribution is -0.136. The fourth-order valence-corrected chi connectivity index (χ4v) is 3.90. The highest BCUT2D eigenvalue weighted by Gasteiger charge is 2.29. The van der Waals surface area contributed by atoms with Crippen LogP contribution in [0.15, 0.2) is 48.8 Å². The first-order valence-electron chi connectivity index (χ1n) is 9.89. The normalized spacial score (nSPS) is 14.9. The molecule has 0 radical (unpaired) electrons. The molecule has 1 saturated heterocycles. The van der Waals surface area contributed by atoms with Gasteiger partial charge in [-0.25, -0.2) is 0 Å². The molecule has 0 spiro atoms. The predicted octanol–water partition coefficient (Wildman–Crippen LogP) is 2.48. The van der Waals surface area contributed by atoms with Gasteiger partial charge >= 0.3 is 0 Å². The summed E-state index contributed by atoms with van der Waals surface area (Å²) in [6.45, 7) is 1.77. The quantitative estimate of drug-likeness (QED) is 0.685. The van der Waals surface area contributed by atoms with Crippen molar-refractivity contribution in [2.75, 3.05) is 20.1 Å². The lowest BCUT2D eigenvalue weighted by Crippen LogP contribution is -2.43. The zero-order valence-electron chi connectivity index (χ0n) is 16.8. The number of carbonyl (C=O) groups excluding carboxylic acids is 2. The van der Waals surface area contributed by atoms with Gasteiger partial charge in [-0.05, 0) is 24.5 Å². The van der Waals surface area contributed by atoms with Gasteiger partial charge in [0.1, 0.15) is 5.52 Å².